The number of fused-ring (bicyclic) bond motifs is 1. The van der Waals surface area contributed by atoms with Gasteiger partial charge in [-0.2, -0.15) is 5.10 Å². The van der Waals surface area contributed by atoms with Crippen molar-refractivity contribution in [3.05, 3.63) is 30.5 Å². The molecule has 5 heteroatoms. The molecule has 1 heterocycles. The first-order valence-corrected chi connectivity index (χ1v) is 4.02. The Balaban J connectivity index is 0.000000845. The van der Waals surface area contributed by atoms with Gasteiger partial charge in [0, 0.05) is 18.1 Å². The van der Waals surface area contributed by atoms with Gasteiger partial charge in [0.25, 0.3) is 0 Å². The van der Waals surface area contributed by atoms with Crippen molar-refractivity contribution in [3.63, 3.8) is 0 Å². The molecule has 2 N–H and O–H groups in total. The lowest BCUT2D eigenvalue weighted by Gasteiger charge is -1.93. The van der Waals surface area contributed by atoms with Crippen LogP contribution in [0, 0.1) is 0 Å². The van der Waals surface area contributed by atoms with Gasteiger partial charge >= 0.3 is 0 Å². The molecule has 0 amide bonds. The van der Waals surface area contributed by atoms with Gasteiger partial charge < -0.3 is 5.73 Å². The zero-order valence-electron chi connectivity index (χ0n) is 7.59. The minimum atomic E-state index is 0. The molecule has 0 aliphatic heterocycles. The van der Waals surface area contributed by atoms with Crippen molar-refractivity contribution in [1.29, 1.82) is 0 Å². The Morgan fingerprint density at radius 2 is 1.93 bits per heavy atom. The van der Waals surface area contributed by atoms with E-state index in [2.05, 4.69) is 11.2 Å². The number of halogens is 2. The molecule has 1 aromatic heterocycles. The van der Waals surface area contributed by atoms with Crippen LogP contribution in [0.4, 0.5) is 0 Å². The second-order valence-electron chi connectivity index (χ2n) is 2.74. The van der Waals surface area contributed by atoms with Crippen molar-refractivity contribution in [2.24, 2.45) is 5.73 Å². The summed E-state index contributed by atoms with van der Waals surface area (Å²) in [5.74, 6) is 0. The van der Waals surface area contributed by atoms with E-state index in [4.69, 9.17) is 5.73 Å². The van der Waals surface area contributed by atoms with Crippen LogP contribution in [0.1, 0.15) is 0 Å². The van der Waals surface area contributed by atoms with Gasteiger partial charge in [0.15, 0.2) is 0 Å². The van der Waals surface area contributed by atoms with E-state index in [1.54, 1.807) is 0 Å². The zero-order valence-corrected chi connectivity index (χ0v) is 9.22. The largest absolute Gasteiger partial charge is 0.329 e. The summed E-state index contributed by atoms with van der Waals surface area (Å²) in [5.41, 5.74) is 6.45. The Morgan fingerprint density at radius 1 is 1.21 bits per heavy atom. The van der Waals surface area contributed by atoms with Gasteiger partial charge in [-0.05, 0) is 6.07 Å². The van der Waals surface area contributed by atoms with E-state index in [-0.39, 0.29) is 24.8 Å². The molecule has 0 radical (unpaired) electrons. The maximum absolute atomic E-state index is 5.42. The van der Waals surface area contributed by atoms with Crippen molar-refractivity contribution < 1.29 is 0 Å². The molecule has 78 valence electrons. The molecule has 0 aliphatic carbocycles. The highest BCUT2D eigenvalue weighted by Gasteiger charge is 1.96. The summed E-state index contributed by atoms with van der Waals surface area (Å²) >= 11 is 0. The lowest BCUT2D eigenvalue weighted by atomic mass is 10.3. The molecule has 0 unspecified atom stereocenters. The van der Waals surface area contributed by atoms with Crippen molar-refractivity contribution in [1.82, 2.24) is 9.78 Å². The van der Waals surface area contributed by atoms with Gasteiger partial charge in [-0.15, -0.1) is 24.8 Å². The molecule has 0 spiro atoms. The Bertz CT molecular complexity index is 353. The van der Waals surface area contributed by atoms with Gasteiger partial charge in [-0.3, -0.25) is 4.68 Å². The van der Waals surface area contributed by atoms with E-state index in [9.17, 15) is 0 Å². The van der Waals surface area contributed by atoms with Crippen LogP contribution in [-0.2, 0) is 6.54 Å². The number of hydrogen-bond acceptors (Lipinski definition) is 2. The molecule has 0 atom stereocenters. The Hall–Kier alpha value is -0.770. The normalized spacial score (nSPS) is 9.21. The van der Waals surface area contributed by atoms with Crippen molar-refractivity contribution in [2.75, 3.05) is 6.54 Å². The Kier molecular flexibility index (Phi) is 5.53. The standard InChI is InChI=1S/C9H11N3.2ClH/c10-5-6-12-7-8-3-1-2-4-9(8)11-12;;/h1-4,7H,5-6,10H2;2*1H. The summed E-state index contributed by atoms with van der Waals surface area (Å²) in [5, 5.41) is 5.51. The summed E-state index contributed by atoms with van der Waals surface area (Å²) in [6, 6.07) is 8.05. The fourth-order valence-corrected chi connectivity index (χ4v) is 1.26. The topological polar surface area (TPSA) is 43.8 Å². The van der Waals surface area contributed by atoms with E-state index in [0.29, 0.717) is 6.54 Å². The number of rotatable bonds is 2. The maximum atomic E-state index is 5.42. The van der Waals surface area contributed by atoms with Crippen molar-refractivity contribution >= 4 is 35.7 Å². The lowest BCUT2D eigenvalue weighted by Crippen LogP contribution is -2.09. The van der Waals surface area contributed by atoms with Crippen LogP contribution in [0.3, 0.4) is 0 Å². The molecule has 1 aromatic carbocycles. The molecule has 3 nitrogen and oxygen atoms in total. The molecule has 0 saturated carbocycles. The SMILES string of the molecule is Cl.Cl.NCCn1cc2ccccc2n1. The zero-order chi connectivity index (χ0) is 8.39. The molecular weight excluding hydrogens is 221 g/mol. The Morgan fingerprint density at radius 3 is 2.57 bits per heavy atom. The van der Waals surface area contributed by atoms with Crippen molar-refractivity contribution in [2.45, 2.75) is 6.54 Å². The van der Waals surface area contributed by atoms with Gasteiger partial charge in [0.1, 0.15) is 0 Å². The third kappa shape index (κ3) is 2.61. The van der Waals surface area contributed by atoms with Gasteiger partial charge in [-0.25, -0.2) is 0 Å². The quantitative estimate of drug-likeness (QED) is 0.861. The molecule has 2 rings (SSSR count). The summed E-state index contributed by atoms with van der Waals surface area (Å²) < 4.78 is 1.88. The minimum Gasteiger partial charge on any atom is -0.329 e. The first-order chi connectivity index (χ1) is 5.90. The second-order valence-corrected chi connectivity index (χ2v) is 2.74. The van der Waals surface area contributed by atoms with Crippen LogP contribution in [0.5, 0.6) is 0 Å². The molecule has 0 bridgehead atoms. The van der Waals surface area contributed by atoms with Crippen LogP contribution in [0.15, 0.2) is 30.5 Å². The monoisotopic (exact) mass is 233 g/mol. The fraction of sp³-hybridized carbons (Fsp3) is 0.222. The van der Waals surface area contributed by atoms with E-state index < -0.39 is 0 Å². The number of nitrogens with zero attached hydrogens (tertiary/aromatic N) is 2. The molecule has 0 saturated heterocycles. The van der Waals surface area contributed by atoms with E-state index in [1.165, 1.54) is 5.39 Å². The van der Waals surface area contributed by atoms with Crippen LogP contribution in [0.25, 0.3) is 10.9 Å². The number of nitrogens with two attached hydrogens (primary N) is 1. The number of aromatic nitrogens is 2. The summed E-state index contributed by atoms with van der Waals surface area (Å²) in [4.78, 5) is 0. The lowest BCUT2D eigenvalue weighted by molar-refractivity contribution is 0.632. The van der Waals surface area contributed by atoms with Crippen LogP contribution in [0.2, 0.25) is 0 Å². The smallest absolute Gasteiger partial charge is 0.0923 e. The highest BCUT2D eigenvalue weighted by molar-refractivity contribution is 5.85. The predicted octanol–water partition coefficient (Wildman–Crippen LogP) is 1.84. The number of hydrogen-bond donors (Lipinski definition) is 1. The summed E-state index contributed by atoms with van der Waals surface area (Å²) in [7, 11) is 0. The summed E-state index contributed by atoms with van der Waals surface area (Å²) in [6.45, 7) is 1.42. The first-order valence-electron chi connectivity index (χ1n) is 4.02. The number of benzene rings is 1. The molecule has 0 aliphatic rings. The molecule has 14 heavy (non-hydrogen) atoms. The highest BCUT2D eigenvalue weighted by Crippen LogP contribution is 2.09. The van der Waals surface area contributed by atoms with Gasteiger partial charge in [0.05, 0.1) is 12.1 Å². The van der Waals surface area contributed by atoms with Gasteiger partial charge in [0.2, 0.25) is 0 Å². The van der Waals surface area contributed by atoms with Crippen molar-refractivity contribution in [3.8, 4) is 0 Å². The molecule has 0 fully saturated rings. The summed E-state index contributed by atoms with van der Waals surface area (Å²) in [6.07, 6.45) is 2.02. The predicted molar refractivity (Wildman–Crippen MR) is 63.3 cm³/mol. The average Bonchev–Trinajstić information content (AvgIpc) is 2.47. The van der Waals surface area contributed by atoms with Crippen LogP contribution in [-0.4, -0.2) is 16.3 Å². The molecular formula is C9H13Cl2N3. The third-order valence-electron chi connectivity index (χ3n) is 1.82. The fourth-order valence-electron chi connectivity index (χ4n) is 1.26. The highest BCUT2D eigenvalue weighted by atomic mass is 35.5. The third-order valence-corrected chi connectivity index (χ3v) is 1.82. The van der Waals surface area contributed by atoms with E-state index in [0.717, 1.165) is 12.1 Å². The second kappa shape index (κ2) is 5.86. The van der Waals surface area contributed by atoms with Crippen LogP contribution < -0.4 is 5.73 Å². The van der Waals surface area contributed by atoms with Crippen LogP contribution >= 0.6 is 24.8 Å². The molecule has 2 aromatic rings. The Labute approximate surface area is 95.1 Å². The van der Waals surface area contributed by atoms with Gasteiger partial charge in [-0.1, -0.05) is 18.2 Å². The van der Waals surface area contributed by atoms with E-state index in [1.807, 2.05) is 29.1 Å². The van der Waals surface area contributed by atoms with E-state index >= 15 is 0 Å². The maximum Gasteiger partial charge on any atom is 0.0923 e. The minimum absolute atomic E-state index is 0. The average molecular weight is 234 g/mol. The first kappa shape index (κ1) is 13.2.